The number of para-hydroxylation sites is 2. The first-order chi connectivity index (χ1) is 17.3. The van der Waals surface area contributed by atoms with Crippen molar-refractivity contribution in [2.45, 2.75) is 12.8 Å². The average molecular weight is 446 g/mol. The molecule has 0 atom stereocenters. The number of nitrogens with zero attached hydrogens (tertiary/aromatic N) is 3. The molecular formula is C32H19N3. The maximum absolute atomic E-state index is 5.19. The summed E-state index contributed by atoms with van der Waals surface area (Å²) < 4.78 is 2.33. The highest BCUT2D eigenvalue weighted by Crippen LogP contribution is 2.48. The van der Waals surface area contributed by atoms with Crippen LogP contribution in [0.15, 0.2) is 91.3 Å². The number of benzene rings is 4. The Bertz CT molecular complexity index is 2060. The molecule has 35 heavy (non-hydrogen) atoms. The van der Waals surface area contributed by atoms with Crippen molar-refractivity contribution >= 4 is 38.4 Å². The molecule has 3 heteroatoms. The van der Waals surface area contributed by atoms with E-state index < -0.39 is 0 Å². The summed E-state index contributed by atoms with van der Waals surface area (Å²) in [6, 6.07) is 28.9. The van der Waals surface area contributed by atoms with Gasteiger partial charge in [-0.25, -0.2) is 4.98 Å². The predicted octanol–water partition coefficient (Wildman–Crippen LogP) is 7.33. The van der Waals surface area contributed by atoms with E-state index in [9.17, 15) is 0 Å². The monoisotopic (exact) mass is 445 g/mol. The maximum atomic E-state index is 5.19. The molecule has 3 aromatic heterocycles. The molecule has 7 aromatic rings. The van der Waals surface area contributed by atoms with Gasteiger partial charge in [0.25, 0.3) is 0 Å². The molecule has 0 bridgehead atoms. The first-order valence-electron chi connectivity index (χ1n) is 12.2. The Kier molecular flexibility index (Phi) is 3.14. The molecule has 162 valence electrons. The van der Waals surface area contributed by atoms with Crippen LogP contribution in [0.2, 0.25) is 0 Å². The van der Waals surface area contributed by atoms with Gasteiger partial charge in [0.1, 0.15) is 5.65 Å². The number of pyridine rings is 2. The highest BCUT2D eigenvalue weighted by atomic mass is 15.0. The minimum atomic E-state index is 0.966. The zero-order chi connectivity index (χ0) is 22.7. The van der Waals surface area contributed by atoms with Gasteiger partial charge in [0.15, 0.2) is 0 Å². The van der Waals surface area contributed by atoms with Gasteiger partial charge in [-0.3, -0.25) is 9.38 Å². The Labute approximate surface area is 201 Å². The van der Waals surface area contributed by atoms with Crippen LogP contribution in [0.25, 0.3) is 60.6 Å². The van der Waals surface area contributed by atoms with Gasteiger partial charge in [0.05, 0.1) is 16.6 Å². The molecular weight excluding hydrogens is 426 g/mol. The number of hydrogen-bond donors (Lipinski definition) is 0. The van der Waals surface area contributed by atoms with Crippen LogP contribution >= 0.6 is 0 Å². The summed E-state index contributed by atoms with van der Waals surface area (Å²) in [4.78, 5) is 9.70. The molecule has 0 unspecified atom stereocenters. The van der Waals surface area contributed by atoms with Crippen LogP contribution in [0, 0.1) is 0 Å². The second kappa shape index (κ2) is 6.13. The molecule has 0 radical (unpaired) electrons. The van der Waals surface area contributed by atoms with E-state index in [-0.39, 0.29) is 0 Å². The summed E-state index contributed by atoms with van der Waals surface area (Å²) in [6.45, 7) is 0. The smallest absolute Gasteiger partial charge is 0.147 e. The molecule has 4 aromatic carbocycles. The average Bonchev–Trinajstić information content (AvgIpc) is 3.58. The fraction of sp³-hybridized carbons (Fsp3) is 0.0625. The van der Waals surface area contributed by atoms with E-state index >= 15 is 0 Å². The van der Waals surface area contributed by atoms with Crippen LogP contribution in [-0.2, 0) is 12.8 Å². The van der Waals surface area contributed by atoms with Crippen LogP contribution in [0.4, 0.5) is 0 Å². The summed E-state index contributed by atoms with van der Waals surface area (Å²) >= 11 is 0. The lowest BCUT2D eigenvalue weighted by molar-refractivity contribution is 1.24. The van der Waals surface area contributed by atoms with E-state index in [1.807, 2.05) is 12.4 Å². The second-order valence-corrected chi connectivity index (χ2v) is 9.85. The summed E-state index contributed by atoms with van der Waals surface area (Å²) in [6.07, 6.45) is 5.86. The summed E-state index contributed by atoms with van der Waals surface area (Å²) in [5, 5.41) is 3.64. The summed E-state index contributed by atoms with van der Waals surface area (Å²) in [5.41, 5.74) is 15.5. The molecule has 0 spiro atoms. The van der Waals surface area contributed by atoms with Gasteiger partial charge in [0, 0.05) is 23.2 Å². The van der Waals surface area contributed by atoms with Gasteiger partial charge in [-0.2, -0.15) is 0 Å². The van der Waals surface area contributed by atoms with Crippen LogP contribution in [0.5, 0.6) is 0 Å². The second-order valence-electron chi connectivity index (χ2n) is 9.85. The van der Waals surface area contributed by atoms with Crippen molar-refractivity contribution in [3.63, 3.8) is 0 Å². The van der Waals surface area contributed by atoms with Crippen molar-refractivity contribution < 1.29 is 0 Å². The molecule has 3 nitrogen and oxygen atoms in total. The van der Waals surface area contributed by atoms with Gasteiger partial charge in [-0.1, -0.05) is 48.5 Å². The number of fused-ring (bicyclic) bond motifs is 15. The van der Waals surface area contributed by atoms with Crippen molar-refractivity contribution in [3.05, 3.63) is 114 Å². The third kappa shape index (κ3) is 2.17. The van der Waals surface area contributed by atoms with Crippen LogP contribution in [0.3, 0.4) is 0 Å². The van der Waals surface area contributed by atoms with Crippen molar-refractivity contribution in [2.24, 2.45) is 0 Å². The summed E-state index contributed by atoms with van der Waals surface area (Å²) in [7, 11) is 0. The van der Waals surface area contributed by atoms with Crippen LogP contribution < -0.4 is 0 Å². The van der Waals surface area contributed by atoms with E-state index in [0.29, 0.717) is 0 Å². The van der Waals surface area contributed by atoms with Gasteiger partial charge in [-0.15, -0.1) is 0 Å². The molecule has 0 amide bonds. The topological polar surface area (TPSA) is 30.2 Å². The molecule has 9 rings (SSSR count). The Morgan fingerprint density at radius 2 is 1.46 bits per heavy atom. The van der Waals surface area contributed by atoms with E-state index in [1.165, 1.54) is 60.7 Å². The Hall–Kier alpha value is -4.50. The quantitative estimate of drug-likeness (QED) is 0.229. The number of hydrogen-bond acceptors (Lipinski definition) is 2. The van der Waals surface area contributed by atoms with E-state index in [2.05, 4.69) is 88.2 Å². The lowest BCUT2D eigenvalue weighted by Crippen LogP contribution is -1.94. The van der Waals surface area contributed by atoms with Crippen molar-refractivity contribution in [1.82, 2.24) is 14.4 Å². The maximum Gasteiger partial charge on any atom is 0.147 e. The minimum absolute atomic E-state index is 0.966. The van der Waals surface area contributed by atoms with Crippen molar-refractivity contribution in [3.8, 4) is 22.3 Å². The number of imidazole rings is 1. The number of aromatic nitrogens is 3. The van der Waals surface area contributed by atoms with Gasteiger partial charge >= 0.3 is 0 Å². The third-order valence-corrected chi connectivity index (χ3v) is 8.07. The highest BCUT2D eigenvalue weighted by molar-refractivity contribution is 6.19. The molecule has 2 aliphatic rings. The lowest BCUT2D eigenvalue weighted by atomic mass is 9.94. The Balaban J connectivity index is 1.45. The van der Waals surface area contributed by atoms with E-state index in [1.54, 1.807) is 0 Å². The molecule has 0 aliphatic heterocycles. The fourth-order valence-electron chi connectivity index (χ4n) is 6.60. The molecule has 0 fully saturated rings. The lowest BCUT2D eigenvalue weighted by Gasteiger charge is -2.13. The molecule has 3 heterocycles. The fourth-order valence-corrected chi connectivity index (χ4v) is 6.60. The van der Waals surface area contributed by atoms with Gasteiger partial charge < -0.3 is 0 Å². The first-order valence-corrected chi connectivity index (χ1v) is 12.2. The standard InChI is InChI=1S/C32H19N3/c1-2-6-22-18(5-1)13-20-16-25-21(15-24(20)22)14-19-9-10-23-26-17-33-12-11-28(26)35-29-8-4-3-7-27(29)34-32(35)31(23)30(19)25/h1-12,15-17H,13-14H2. The minimum Gasteiger partial charge on any atom is -0.292 e. The van der Waals surface area contributed by atoms with E-state index in [0.717, 1.165) is 35.0 Å². The van der Waals surface area contributed by atoms with Gasteiger partial charge in [-0.05, 0) is 93.1 Å². The Morgan fingerprint density at radius 3 is 2.46 bits per heavy atom. The van der Waals surface area contributed by atoms with Crippen LogP contribution in [0.1, 0.15) is 22.3 Å². The normalized spacial score (nSPS) is 13.5. The van der Waals surface area contributed by atoms with Gasteiger partial charge in [0.2, 0.25) is 0 Å². The SMILES string of the molecule is c1ccc2c(c1)Cc1cc3c(cc1-2)Cc1ccc2c4cnccc4n4c5ccccc5nc4c2c1-3. The van der Waals surface area contributed by atoms with Crippen molar-refractivity contribution in [2.75, 3.05) is 0 Å². The molecule has 2 aliphatic carbocycles. The van der Waals surface area contributed by atoms with Crippen molar-refractivity contribution in [1.29, 1.82) is 0 Å². The largest absolute Gasteiger partial charge is 0.292 e. The predicted molar refractivity (Wildman–Crippen MR) is 142 cm³/mol. The molecule has 0 saturated heterocycles. The highest BCUT2D eigenvalue weighted by Gasteiger charge is 2.28. The zero-order valence-corrected chi connectivity index (χ0v) is 18.9. The zero-order valence-electron chi connectivity index (χ0n) is 18.9. The Morgan fingerprint density at radius 1 is 0.629 bits per heavy atom. The molecule has 0 N–H and O–H groups in total. The molecule has 0 saturated carbocycles. The third-order valence-electron chi connectivity index (χ3n) is 8.07. The first kappa shape index (κ1) is 17.9. The summed E-state index contributed by atoms with van der Waals surface area (Å²) in [5.74, 6) is 0. The number of rotatable bonds is 0. The van der Waals surface area contributed by atoms with E-state index in [4.69, 9.17) is 4.98 Å². The van der Waals surface area contributed by atoms with Crippen LogP contribution in [-0.4, -0.2) is 14.4 Å².